The van der Waals surface area contributed by atoms with Crippen LogP contribution in [0.4, 0.5) is 0 Å². The fourth-order valence-corrected chi connectivity index (χ4v) is 1.91. The molecule has 0 aliphatic carbocycles. The van der Waals surface area contributed by atoms with Gasteiger partial charge in [-0.15, -0.1) is 0 Å². The summed E-state index contributed by atoms with van der Waals surface area (Å²) in [5.41, 5.74) is 1.09. The second-order valence-corrected chi connectivity index (χ2v) is 4.38. The van der Waals surface area contributed by atoms with Crippen LogP contribution in [-0.4, -0.2) is 48.6 Å². The highest BCUT2D eigenvalue weighted by atomic mass is 16.5. The zero-order valence-electron chi connectivity index (χ0n) is 10.6. The van der Waals surface area contributed by atoms with Crippen molar-refractivity contribution >= 4 is 5.91 Å². The van der Waals surface area contributed by atoms with E-state index in [1.54, 1.807) is 6.20 Å². The quantitative estimate of drug-likeness (QED) is 0.848. The fourth-order valence-electron chi connectivity index (χ4n) is 1.91. The number of pyridine rings is 1. The average Bonchev–Trinajstić information content (AvgIpc) is 2.46. The minimum atomic E-state index is 0.128. The normalized spacial score (nSPS) is 17.5. The minimum Gasteiger partial charge on any atom is -0.378 e. The number of carbonyl (C=O) groups excluding carboxylic acids is 1. The molecule has 18 heavy (non-hydrogen) atoms. The third kappa shape index (κ3) is 3.51. The van der Waals surface area contributed by atoms with E-state index in [2.05, 4.69) is 10.3 Å². The van der Waals surface area contributed by atoms with Crippen molar-refractivity contribution in [1.82, 2.24) is 15.2 Å². The molecule has 0 radical (unpaired) electrons. The molecule has 0 bridgehead atoms. The van der Waals surface area contributed by atoms with Gasteiger partial charge in [0.15, 0.2) is 0 Å². The van der Waals surface area contributed by atoms with E-state index in [0.29, 0.717) is 32.8 Å². The fraction of sp³-hybridized carbons (Fsp3) is 0.538. The number of nitrogens with zero attached hydrogens (tertiary/aromatic N) is 2. The largest absolute Gasteiger partial charge is 0.378 e. The van der Waals surface area contributed by atoms with Crippen LogP contribution in [0.1, 0.15) is 18.5 Å². The Balaban J connectivity index is 1.78. The Bertz CT molecular complexity index is 377. The monoisotopic (exact) mass is 249 g/mol. The maximum atomic E-state index is 11.9. The summed E-state index contributed by atoms with van der Waals surface area (Å²) in [5.74, 6) is 0.133. The van der Waals surface area contributed by atoms with Crippen LogP contribution >= 0.6 is 0 Å². The molecule has 98 valence electrons. The van der Waals surface area contributed by atoms with Gasteiger partial charge in [0, 0.05) is 31.5 Å². The Labute approximate surface area is 107 Å². The van der Waals surface area contributed by atoms with Crippen LogP contribution in [0.5, 0.6) is 0 Å². The van der Waals surface area contributed by atoms with E-state index >= 15 is 0 Å². The number of morpholine rings is 1. The zero-order chi connectivity index (χ0) is 12.8. The molecule has 2 rings (SSSR count). The third-order valence-electron chi connectivity index (χ3n) is 3.11. The number of rotatable bonds is 4. The Morgan fingerprint density at radius 3 is 3.00 bits per heavy atom. The Hall–Kier alpha value is -1.46. The van der Waals surface area contributed by atoms with E-state index in [9.17, 15) is 4.79 Å². The number of ether oxygens (including phenoxy) is 1. The molecule has 2 heterocycles. The van der Waals surface area contributed by atoms with Gasteiger partial charge in [-0.05, 0) is 18.6 Å². The molecule has 0 unspecified atom stereocenters. The molecule has 1 fully saturated rings. The molecule has 1 aliphatic rings. The molecule has 1 aromatic heterocycles. The molecule has 1 N–H and O–H groups in total. The summed E-state index contributed by atoms with van der Waals surface area (Å²) in [6.07, 6.45) is 3.56. The van der Waals surface area contributed by atoms with Gasteiger partial charge >= 0.3 is 0 Å². The van der Waals surface area contributed by atoms with Crippen molar-refractivity contribution in [2.45, 2.75) is 13.0 Å². The van der Waals surface area contributed by atoms with Crippen molar-refractivity contribution in [1.29, 1.82) is 0 Å². The van der Waals surface area contributed by atoms with Crippen LogP contribution < -0.4 is 5.32 Å². The highest BCUT2D eigenvalue weighted by molar-refractivity contribution is 5.78. The van der Waals surface area contributed by atoms with Crippen molar-refractivity contribution < 1.29 is 9.53 Å². The number of nitrogens with one attached hydrogen (secondary N) is 1. The summed E-state index contributed by atoms with van der Waals surface area (Å²) in [5, 5.41) is 3.22. The van der Waals surface area contributed by atoms with Crippen LogP contribution in [0.3, 0.4) is 0 Å². The molecular weight excluding hydrogens is 230 g/mol. The molecule has 0 saturated carbocycles. The third-order valence-corrected chi connectivity index (χ3v) is 3.11. The second-order valence-electron chi connectivity index (χ2n) is 4.38. The second kappa shape index (κ2) is 6.47. The molecule has 0 aromatic carbocycles. The van der Waals surface area contributed by atoms with Gasteiger partial charge < -0.3 is 15.0 Å². The Kier molecular flexibility index (Phi) is 4.66. The molecule has 1 amide bonds. The molecule has 1 aliphatic heterocycles. The standard InChI is InChI=1S/C13H19N3O2/c1-11(12-3-2-4-14-9-12)15-10-13(17)16-5-7-18-8-6-16/h2-4,9,11,15H,5-8,10H2,1H3/t11-/m1/s1. The van der Waals surface area contributed by atoms with Gasteiger partial charge in [0.05, 0.1) is 19.8 Å². The summed E-state index contributed by atoms with van der Waals surface area (Å²) in [6, 6.07) is 4.03. The van der Waals surface area contributed by atoms with Gasteiger partial charge in [-0.1, -0.05) is 6.07 Å². The highest BCUT2D eigenvalue weighted by Gasteiger charge is 2.17. The number of aromatic nitrogens is 1. The van der Waals surface area contributed by atoms with Gasteiger partial charge in [0.25, 0.3) is 0 Å². The van der Waals surface area contributed by atoms with Gasteiger partial charge in [0.2, 0.25) is 5.91 Å². The Morgan fingerprint density at radius 2 is 2.33 bits per heavy atom. The minimum absolute atomic E-state index is 0.128. The lowest BCUT2D eigenvalue weighted by Crippen LogP contribution is -2.45. The molecular formula is C13H19N3O2. The molecule has 5 nitrogen and oxygen atoms in total. The van der Waals surface area contributed by atoms with Crippen molar-refractivity contribution in [3.8, 4) is 0 Å². The predicted molar refractivity (Wildman–Crippen MR) is 68.1 cm³/mol. The lowest BCUT2D eigenvalue weighted by Gasteiger charge is -2.27. The van der Waals surface area contributed by atoms with Gasteiger partial charge in [0.1, 0.15) is 0 Å². The zero-order valence-corrected chi connectivity index (χ0v) is 10.6. The lowest BCUT2D eigenvalue weighted by molar-refractivity contribution is -0.134. The highest BCUT2D eigenvalue weighted by Crippen LogP contribution is 2.09. The Morgan fingerprint density at radius 1 is 1.56 bits per heavy atom. The average molecular weight is 249 g/mol. The van der Waals surface area contributed by atoms with Crippen LogP contribution in [0.15, 0.2) is 24.5 Å². The first kappa shape index (κ1) is 13.0. The summed E-state index contributed by atoms with van der Waals surface area (Å²) in [4.78, 5) is 17.8. The van der Waals surface area contributed by atoms with Crippen molar-refractivity contribution in [3.63, 3.8) is 0 Å². The SMILES string of the molecule is C[C@@H](NCC(=O)N1CCOCC1)c1cccnc1. The van der Waals surface area contributed by atoms with Crippen molar-refractivity contribution in [2.24, 2.45) is 0 Å². The first-order valence-electron chi connectivity index (χ1n) is 6.26. The first-order chi connectivity index (χ1) is 8.77. The lowest BCUT2D eigenvalue weighted by atomic mass is 10.1. The van der Waals surface area contributed by atoms with Gasteiger partial charge in [-0.25, -0.2) is 0 Å². The van der Waals surface area contributed by atoms with E-state index in [4.69, 9.17) is 4.74 Å². The van der Waals surface area contributed by atoms with E-state index in [1.165, 1.54) is 0 Å². The van der Waals surface area contributed by atoms with Crippen LogP contribution in [0.25, 0.3) is 0 Å². The summed E-state index contributed by atoms with van der Waals surface area (Å²) < 4.78 is 5.22. The first-order valence-corrected chi connectivity index (χ1v) is 6.26. The van der Waals surface area contributed by atoms with Crippen LogP contribution in [-0.2, 0) is 9.53 Å². The summed E-state index contributed by atoms with van der Waals surface area (Å²) >= 11 is 0. The van der Waals surface area contributed by atoms with E-state index in [0.717, 1.165) is 5.56 Å². The molecule has 1 saturated heterocycles. The smallest absolute Gasteiger partial charge is 0.236 e. The van der Waals surface area contributed by atoms with Gasteiger partial charge in [-0.2, -0.15) is 0 Å². The predicted octanol–water partition coefficient (Wildman–Crippen LogP) is 0.591. The maximum absolute atomic E-state index is 11.9. The topological polar surface area (TPSA) is 54.5 Å². The van der Waals surface area contributed by atoms with Crippen molar-refractivity contribution in [3.05, 3.63) is 30.1 Å². The number of carbonyl (C=O) groups is 1. The number of amides is 1. The number of hydrogen-bond donors (Lipinski definition) is 1. The summed E-state index contributed by atoms with van der Waals surface area (Å²) in [7, 11) is 0. The molecule has 1 aromatic rings. The molecule has 5 heteroatoms. The van der Waals surface area contributed by atoms with E-state index in [-0.39, 0.29) is 11.9 Å². The van der Waals surface area contributed by atoms with Crippen LogP contribution in [0.2, 0.25) is 0 Å². The summed E-state index contributed by atoms with van der Waals surface area (Å²) in [6.45, 7) is 5.07. The van der Waals surface area contributed by atoms with Crippen molar-refractivity contribution in [2.75, 3.05) is 32.8 Å². The maximum Gasteiger partial charge on any atom is 0.236 e. The van der Waals surface area contributed by atoms with E-state index < -0.39 is 0 Å². The molecule has 1 atom stereocenters. The van der Waals surface area contributed by atoms with Crippen LogP contribution in [0, 0.1) is 0 Å². The van der Waals surface area contributed by atoms with Gasteiger partial charge in [-0.3, -0.25) is 9.78 Å². The number of hydrogen-bond acceptors (Lipinski definition) is 4. The molecule has 0 spiro atoms. The van der Waals surface area contributed by atoms with E-state index in [1.807, 2.05) is 30.2 Å².